The van der Waals surface area contributed by atoms with Gasteiger partial charge in [0.05, 0.1) is 14.2 Å². The number of unbranched alkanes of at least 4 members (excludes halogenated alkanes) is 1. The van der Waals surface area contributed by atoms with E-state index in [1.54, 1.807) is 18.2 Å². The minimum Gasteiger partial charge on any atom is -0.496 e. The van der Waals surface area contributed by atoms with Crippen molar-refractivity contribution in [3.63, 3.8) is 0 Å². The molecule has 0 aliphatic carbocycles. The van der Waals surface area contributed by atoms with Crippen molar-refractivity contribution in [2.45, 2.75) is 33.6 Å². The maximum Gasteiger partial charge on any atom is 0.228 e. The van der Waals surface area contributed by atoms with E-state index in [1.807, 2.05) is 20.8 Å². The molecular weight excluding hydrogens is 299 g/mol. The fourth-order valence-electron chi connectivity index (χ4n) is 2.54. The van der Waals surface area contributed by atoms with Gasteiger partial charge in [-0.25, -0.2) is 0 Å². The number of methoxy groups -OCH3 is 2. The van der Waals surface area contributed by atoms with Crippen LogP contribution in [0.5, 0.6) is 11.5 Å². The highest BCUT2D eigenvalue weighted by Gasteiger charge is 2.36. The van der Waals surface area contributed by atoms with Crippen molar-refractivity contribution in [2.24, 2.45) is 5.92 Å². The van der Waals surface area contributed by atoms with E-state index < -0.39 is 7.14 Å². The Morgan fingerprint density at radius 1 is 1.18 bits per heavy atom. The molecule has 124 valence electrons. The Morgan fingerprint density at radius 2 is 1.73 bits per heavy atom. The predicted octanol–water partition coefficient (Wildman–Crippen LogP) is 4.66. The number of hydrogen-bond donors (Lipinski definition) is 0. The monoisotopic (exact) mass is 326 g/mol. The van der Waals surface area contributed by atoms with Crippen LogP contribution in [-0.4, -0.2) is 32.1 Å². The predicted molar refractivity (Wildman–Crippen MR) is 91.0 cm³/mol. The smallest absolute Gasteiger partial charge is 0.228 e. The van der Waals surface area contributed by atoms with Crippen molar-refractivity contribution in [2.75, 3.05) is 26.5 Å². The van der Waals surface area contributed by atoms with E-state index in [-0.39, 0.29) is 11.4 Å². The first-order valence-electron chi connectivity index (χ1n) is 7.73. The number of carbonyl (C=O) groups is 1. The standard InChI is InChI=1S/C17H27O4P/c1-6-7-11-22(19,12-13(2)3)17(18)16-14(20-4)9-8-10-15(16)21-5/h8-10,13H,6-7,11-12H2,1-5H3. The average Bonchev–Trinajstić information content (AvgIpc) is 2.50. The summed E-state index contributed by atoms with van der Waals surface area (Å²) in [5, 5.41) is 0. The van der Waals surface area contributed by atoms with Crippen LogP contribution in [0.1, 0.15) is 44.0 Å². The number of hydrogen-bond acceptors (Lipinski definition) is 4. The summed E-state index contributed by atoms with van der Waals surface area (Å²) in [5.41, 5.74) is -0.00321. The van der Waals surface area contributed by atoms with Gasteiger partial charge < -0.3 is 14.0 Å². The van der Waals surface area contributed by atoms with Crippen molar-refractivity contribution in [3.8, 4) is 11.5 Å². The lowest BCUT2D eigenvalue weighted by Crippen LogP contribution is -2.13. The fraction of sp³-hybridized carbons (Fsp3) is 0.588. The van der Waals surface area contributed by atoms with E-state index in [4.69, 9.17) is 9.47 Å². The van der Waals surface area contributed by atoms with Crippen LogP contribution in [0.3, 0.4) is 0 Å². The second kappa shape index (κ2) is 8.38. The van der Waals surface area contributed by atoms with Crippen LogP contribution in [0.2, 0.25) is 0 Å². The molecule has 0 heterocycles. The summed E-state index contributed by atoms with van der Waals surface area (Å²) >= 11 is 0. The quantitative estimate of drug-likeness (QED) is 0.619. The molecule has 1 aromatic rings. The van der Waals surface area contributed by atoms with Gasteiger partial charge in [0.2, 0.25) is 5.52 Å². The molecule has 0 bridgehead atoms. The van der Waals surface area contributed by atoms with Crippen LogP contribution in [0.25, 0.3) is 0 Å². The Hall–Kier alpha value is -1.28. The Balaban J connectivity index is 3.32. The second-order valence-electron chi connectivity index (χ2n) is 5.89. The molecular formula is C17H27O4P. The van der Waals surface area contributed by atoms with Crippen LogP contribution in [0.4, 0.5) is 0 Å². The largest absolute Gasteiger partial charge is 0.496 e. The first-order valence-corrected chi connectivity index (χ1v) is 9.81. The number of benzene rings is 1. The highest BCUT2D eigenvalue weighted by molar-refractivity contribution is 7.81. The van der Waals surface area contributed by atoms with Gasteiger partial charge in [-0.15, -0.1) is 0 Å². The fourth-order valence-corrected chi connectivity index (χ4v) is 5.73. The van der Waals surface area contributed by atoms with Crippen LogP contribution >= 0.6 is 7.14 Å². The molecule has 0 saturated heterocycles. The number of ether oxygens (including phenoxy) is 2. The van der Waals surface area contributed by atoms with E-state index in [0.717, 1.165) is 12.8 Å². The summed E-state index contributed by atoms with van der Waals surface area (Å²) < 4.78 is 23.9. The third-order valence-electron chi connectivity index (χ3n) is 3.54. The minimum atomic E-state index is -2.98. The Kier molecular flexibility index (Phi) is 7.15. The number of rotatable bonds is 9. The SMILES string of the molecule is CCCCP(=O)(CC(C)C)C(=O)c1c(OC)cccc1OC. The van der Waals surface area contributed by atoms with E-state index in [2.05, 4.69) is 0 Å². The summed E-state index contributed by atoms with van der Waals surface area (Å²) in [6.45, 7) is 6.02. The molecule has 4 nitrogen and oxygen atoms in total. The third kappa shape index (κ3) is 4.36. The van der Waals surface area contributed by atoms with Crippen LogP contribution < -0.4 is 9.47 Å². The first-order chi connectivity index (χ1) is 10.4. The van der Waals surface area contributed by atoms with Gasteiger partial charge in [-0.1, -0.05) is 33.3 Å². The van der Waals surface area contributed by atoms with Gasteiger partial charge in [0.25, 0.3) is 0 Å². The number of carbonyl (C=O) groups excluding carboxylic acids is 1. The van der Waals surface area contributed by atoms with Gasteiger partial charge in [0, 0.05) is 12.3 Å². The highest BCUT2D eigenvalue weighted by atomic mass is 31.2. The molecule has 1 rings (SSSR count). The molecule has 1 aromatic carbocycles. The van der Waals surface area contributed by atoms with Crippen LogP contribution in [0, 0.1) is 5.92 Å². The zero-order valence-electron chi connectivity index (χ0n) is 14.2. The molecule has 0 fully saturated rings. The van der Waals surface area contributed by atoms with Gasteiger partial charge in [-0.2, -0.15) is 0 Å². The molecule has 0 spiro atoms. The van der Waals surface area contributed by atoms with E-state index in [1.165, 1.54) is 14.2 Å². The lowest BCUT2D eigenvalue weighted by Gasteiger charge is -2.21. The van der Waals surface area contributed by atoms with Gasteiger partial charge in [-0.3, -0.25) is 4.79 Å². The normalized spacial score (nSPS) is 13.7. The Bertz CT molecular complexity index is 529. The van der Waals surface area contributed by atoms with E-state index in [9.17, 15) is 9.36 Å². The van der Waals surface area contributed by atoms with Crippen molar-refractivity contribution in [1.82, 2.24) is 0 Å². The molecule has 1 unspecified atom stereocenters. The van der Waals surface area contributed by atoms with Crippen molar-refractivity contribution >= 4 is 12.7 Å². The maximum absolute atomic E-state index is 13.4. The summed E-state index contributed by atoms with van der Waals surface area (Å²) in [7, 11) is 0.0258. The molecule has 0 saturated carbocycles. The molecule has 0 amide bonds. The van der Waals surface area contributed by atoms with Gasteiger partial charge in [0.1, 0.15) is 17.1 Å². The summed E-state index contributed by atoms with van der Waals surface area (Å²) in [4.78, 5) is 13.0. The van der Waals surface area contributed by atoms with E-state index in [0.29, 0.717) is 29.4 Å². The van der Waals surface area contributed by atoms with Crippen LogP contribution in [0.15, 0.2) is 18.2 Å². The molecule has 1 atom stereocenters. The van der Waals surface area contributed by atoms with Crippen LogP contribution in [-0.2, 0) is 4.57 Å². The van der Waals surface area contributed by atoms with E-state index >= 15 is 0 Å². The van der Waals surface area contributed by atoms with Gasteiger partial charge >= 0.3 is 0 Å². The average molecular weight is 326 g/mol. The summed E-state index contributed by atoms with van der Waals surface area (Å²) in [6.07, 6.45) is 2.57. The first kappa shape index (κ1) is 18.8. The third-order valence-corrected chi connectivity index (χ3v) is 6.87. The lowest BCUT2D eigenvalue weighted by molar-refractivity contribution is 0.106. The molecule has 0 radical (unpaired) electrons. The molecule has 0 N–H and O–H groups in total. The topological polar surface area (TPSA) is 52.6 Å². The molecule has 22 heavy (non-hydrogen) atoms. The van der Waals surface area contributed by atoms with Gasteiger partial charge in [-0.05, 0) is 24.5 Å². The Labute approximate surface area is 133 Å². The lowest BCUT2D eigenvalue weighted by atomic mass is 10.2. The molecule has 0 aliphatic rings. The van der Waals surface area contributed by atoms with Crippen molar-refractivity contribution < 1.29 is 18.8 Å². The van der Waals surface area contributed by atoms with Crippen molar-refractivity contribution in [3.05, 3.63) is 23.8 Å². The van der Waals surface area contributed by atoms with Gasteiger partial charge in [0.15, 0.2) is 7.14 Å². The summed E-state index contributed by atoms with van der Waals surface area (Å²) in [6, 6.07) is 5.17. The molecule has 0 aliphatic heterocycles. The zero-order chi connectivity index (χ0) is 16.8. The highest BCUT2D eigenvalue weighted by Crippen LogP contribution is 2.53. The molecule has 0 aromatic heterocycles. The zero-order valence-corrected chi connectivity index (χ0v) is 15.1. The molecule has 5 heteroatoms. The second-order valence-corrected chi connectivity index (χ2v) is 8.88. The summed E-state index contributed by atoms with van der Waals surface area (Å²) in [5.74, 6) is 1.04. The Morgan fingerprint density at radius 3 is 2.14 bits per heavy atom. The van der Waals surface area contributed by atoms with Crippen molar-refractivity contribution in [1.29, 1.82) is 0 Å². The maximum atomic E-state index is 13.4. The minimum absolute atomic E-state index is 0.201.